The van der Waals surface area contributed by atoms with Crippen LogP contribution in [0.4, 0.5) is 5.69 Å². The topological polar surface area (TPSA) is 145 Å². The number of aromatic nitrogens is 5. The summed E-state index contributed by atoms with van der Waals surface area (Å²) < 4.78 is 7.38. The number of benzene rings is 1. The minimum atomic E-state index is -0.724. The quantitative estimate of drug-likeness (QED) is 0.359. The third-order valence-electron chi connectivity index (χ3n) is 4.42. The molecular weight excluding hydrogens is 418 g/mol. The molecule has 31 heavy (non-hydrogen) atoms. The number of furan rings is 1. The number of nitrogens with two attached hydrogens (primary N) is 1. The number of carbonyl (C=O) groups excluding carboxylic acids is 2. The van der Waals surface area contributed by atoms with Crippen LogP contribution in [0, 0.1) is 6.92 Å². The van der Waals surface area contributed by atoms with Crippen molar-refractivity contribution in [2.75, 3.05) is 11.1 Å². The summed E-state index contributed by atoms with van der Waals surface area (Å²) in [4.78, 5) is 24.0. The molecule has 2 amide bonds. The number of nitrogens with zero attached hydrogens (tertiary/aromatic N) is 4. The molecule has 11 heteroatoms. The molecule has 4 N–H and O–H groups in total. The van der Waals surface area contributed by atoms with Crippen molar-refractivity contribution < 1.29 is 14.0 Å². The van der Waals surface area contributed by atoms with Gasteiger partial charge in [0.1, 0.15) is 0 Å². The minimum absolute atomic E-state index is 0.0109. The molecule has 158 valence electrons. The number of H-pyrrole nitrogens is 1. The van der Waals surface area contributed by atoms with E-state index in [2.05, 4.69) is 25.7 Å². The summed E-state index contributed by atoms with van der Waals surface area (Å²) in [7, 11) is 0. The Morgan fingerprint density at radius 2 is 2.00 bits per heavy atom. The van der Waals surface area contributed by atoms with Crippen molar-refractivity contribution in [3.8, 4) is 11.6 Å². The molecule has 0 bridgehead atoms. The van der Waals surface area contributed by atoms with Gasteiger partial charge in [-0.1, -0.05) is 42.1 Å². The van der Waals surface area contributed by atoms with Gasteiger partial charge in [-0.2, -0.15) is 5.10 Å². The Morgan fingerprint density at radius 1 is 1.19 bits per heavy atom. The van der Waals surface area contributed by atoms with Crippen LogP contribution >= 0.6 is 11.8 Å². The van der Waals surface area contributed by atoms with Crippen molar-refractivity contribution in [2.24, 2.45) is 5.73 Å². The van der Waals surface area contributed by atoms with Gasteiger partial charge in [0.15, 0.2) is 16.6 Å². The van der Waals surface area contributed by atoms with Crippen LogP contribution in [-0.4, -0.2) is 42.5 Å². The fourth-order valence-electron chi connectivity index (χ4n) is 2.96. The number of rotatable bonds is 8. The first-order valence-corrected chi connectivity index (χ1v) is 10.3. The number of nitrogens with one attached hydrogen (secondary N) is 2. The molecule has 0 saturated heterocycles. The van der Waals surface area contributed by atoms with Gasteiger partial charge in [0.25, 0.3) is 5.91 Å². The number of carbonyl (C=O) groups is 2. The maximum absolute atomic E-state index is 12.5. The maximum Gasteiger partial charge on any atom is 0.271 e. The number of primary amides is 1. The largest absolute Gasteiger partial charge is 0.461 e. The number of aryl methyl sites for hydroxylation is 1. The second-order valence-corrected chi connectivity index (χ2v) is 7.57. The van der Waals surface area contributed by atoms with Gasteiger partial charge in [-0.05, 0) is 24.6 Å². The predicted molar refractivity (Wildman–Crippen MR) is 114 cm³/mol. The van der Waals surface area contributed by atoms with Crippen LogP contribution in [0.5, 0.6) is 0 Å². The highest BCUT2D eigenvalue weighted by molar-refractivity contribution is 7.99. The van der Waals surface area contributed by atoms with Crippen LogP contribution < -0.4 is 11.1 Å². The summed E-state index contributed by atoms with van der Waals surface area (Å²) in [5.41, 5.74) is 7.17. The third kappa shape index (κ3) is 4.51. The smallest absolute Gasteiger partial charge is 0.271 e. The zero-order valence-electron chi connectivity index (χ0n) is 16.5. The minimum Gasteiger partial charge on any atom is -0.461 e. The number of aromatic amines is 1. The van der Waals surface area contributed by atoms with E-state index in [-0.39, 0.29) is 23.0 Å². The van der Waals surface area contributed by atoms with E-state index < -0.39 is 5.91 Å². The van der Waals surface area contributed by atoms with Gasteiger partial charge in [-0.25, -0.2) is 0 Å². The summed E-state index contributed by atoms with van der Waals surface area (Å²) >= 11 is 1.22. The molecule has 3 heterocycles. The van der Waals surface area contributed by atoms with Crippen LogP contribution in [-0.2, 0) is 11.3 Å². The van der Waals surface area contributed by atoms with E-state index in [0.29, 0.717) is 29.0 Å². The molecule has 0 saturated carbocycles. The Bertz CT molecular complexity index is 1200. The number of amides is 2. The molecule has 0 atom stereocenters. The van der Waals surface area contributed by atoms with Gasteiger partial charge in [-0.3, -0.25) is 19.3 Å². The first-order valence-electron chi connectivity index (χ1n) is 9.31. The van der Waals surface area contributed by atoms with Crippen molar-refractivity contribution in [3.63, 3.8) is 0 Å². The normalized spacial score (nSPS) is 10.9. The summed E-state index contributed by atoms with van der Waals surface area (Å²) in [5, 5.41) is 18.2. The monoisotopic (exact) mass is 437 g/mol. The van der Waals surface area contributed by atoms with Gasteiger partial charge in [0, 0.05) is 0 Å². The van der Waals surface area contributed by atoms with Gasteiger partial charge in [0.05, 0.1) is 29.9 Å². The molecule has 0 aliphatic rings. The molecule has 10 nitrogen and oxygen atoms in total. The Hall–Kier alpha value is -3.86. The first kappa shape index (κ1) is 20.4. The van der Waals surface area contributed by atoms with E-state index in [1.165, 1.54) is 11.8 Å². The standard InChI is InChI=1S/C20H19N7O3S/c1-12-16(17(18(21)29)24-23-12)22-15(28)11-31-20-26-25-19(14-8-5-9-30-14)27(20)10-13-6-3-2-4-7-13/h2-9H,10-11H2,1H3,(H2,21,29)(H,22,28)(H,23,24). The number of anilines is 1. The molecule has 0 unspecified atom stereocenters. The fraction of sp³-hybridized carbons (Fsp3) is 0.150. The van der Waals surface area contributed by atoms with Crippen LogP contribution in [0.1, 0.15) is 21.7 Å². The van der Waals surface area contributed by atoms with Crippen LogP contribution in [0.3, 0.4) is 0 Å². The molecule has 4 aromatic rings. The van der Waals surface area contributed by atoms with Crippen LogP contribution in [0.2, 0.25) is 0 Å². The Morgan fingerprint density at radius 3 is 2.71 bits per heavy atom. The van der Waals surface area contributed by atoms with E-state index in [1.54, 1.807) is 25.3 Å². The highest BCUT2D eigenvalue weighted by atomic mass is 32.2. The first-order chi connectivity index (χ1) is 15.0. The van der Waals surface area contributed by atoms with Crippen molar-refractivity contribution >= 4 is 29.3 Å². The van der Waals surface area contributed by atoms with Gasteiger partial charge < -0.3 is 15.5 Å². The van der Waals surface area contributed by atoms with E-state index in [1.807, 2.05) is 34.9 Å². The maximum atomic E-state index is 12.5. The van der Waals surface area contributed by atoms with Gasteiger partial charge >= 0.3 is 0 Å². The second-order valence-electron chi connectivity index (χ2n) is 6.63. The highest BCUT2D eigenvalue weighted by Gasteiger charge is 2.20. The van der Waals surface area contributed by atoms with Crippen molar-refractivity contribution in [1.82, 2.24) is 25.0 Å². The molecule has 0 radical (unpaired) electrons. The van der Waals surface area contributed by atoms with Gasteiger partial charge in [-0.15, -0.1) is 10.2 Å². The lowest BCUT2D eigenvalue weighted by Gasteiger charge is -2.10. The molecule has 0 spiro atoms. The second kappa shape index (κ2) is 8.88. The van der Waals surface area contributed by atoms with Crippen LogP contribution in [0.25, 0.3) is 11.6 Å². The summed E-state index contributed by atoms with van der Waals surface area (Å²) in [6, 6.07) is 13.4. The molecule has 1 aromatic carbocycles. The van der Waals surface area contributed by atoms with Crippen molar-refractivity contribution in [3.05, 3.63) is 65.7 Å². The molecule has 4 rings (SSSR count). The average molecular weight is 437 g/mol. The lowest BCUT2D eigenvalue weighted by Crippen LogP contribution is -2.19. The average Bonchev–Trinajstić information content (AvgIpc) is 3.49. The van der Waals surface area contributed by atoms with E-state index >= 15 is 0 Å². The highest BCUT2D eigenvalue weighted by Crippen LogP contribution is 2.26. The Labute approximate surface area is 181 Å². The third-order valence-corrected chi connectivity index (χ3v) is 5.39. The van der Waals surface area contributed by atoms with E-state index in [9.17, 15) is 9.59 Å². The number of thioether (sulfide) groups is 1. The molecule has 0 fully saturated rings. The van der Waals surface area contributed by atoms with E-state index in [0.717, 1.165) is 5.56 Å². The summed E-state index contributed by atoms with van der Waals surface area (Å²) in [6.07, 6.45) is 1.57. The Balaban J connectivity index is 1.53. The SMILES string of the molecule is Cc1[nH]nc(C(N)=O)c1NC(=O)CSc1nnc(-c2ccco2)n1Cc1ccccc1. The lowest BCUT2D eigenvalue weighted by atomic mass is 10.2. The number of hydrogen-bond donors (Lipinski definition) is 3. The zero-order valence-corrected chi connectivity index (χ0v) is 17.3. The summed E-state index contributed by atoms with van der Waals surface area (Å²) in [6.45, 7) is 2.20. The van der Waals surface area contributed by atoms with Crippen molar-refractivity contribution in [2.45, 2.75) is 18.6 Å². The van der Waals surface area contributed by atoms with Crippen molar-refractivity contribution in [1.29, 1.82) is 0 Å². The lowest BCUT2D eigenvalue weighted by molar-refractivity contribution is -0.113. The molecule has 0 aliphatic heterocycles. The zero-order chi connectivity index (χ0) is 21.8. The predicted octanol–water partition coefficient (Wildman–Crippen LogP) is 2.45. The molecular formula is C20H19N7O3S. The summed E-state index contributed by atoms with van der Waals surface area (Å²) in [5.74, 6) is 0.149. The molecule has 0 aliphatic carbocycles. The number of hydrogen-bond acceptors (Lipinski definition) is 7. The Kier molecular flexibility index (Phi) is 5.85. The fourth-order valence-corrected chi connectivity index (χ4v) is 3.70. The molecule has 3 aromatic heterocycles. The van der Waals surface area contributed by atoms with Crippen LogP contribution in [0.15, 0.2) is 58.3 Å². The van der Waals surface area contributed by atoms with E-state index in [4.69, 9.17) is 10.2 Å². The van der Waals surface area contributed by atoms with Gasteiger partial charge in [0.2, 0.25) is 11.7 Å².